The maximum atomic E-state index is 11.0. The largest absolute Gasteiger partial charge is 0.330 e. The number of nitrogens with zero attached hydrogens (tertiary/aromatic N) is 3. The molecule has 2 heterocycles. The summed E-state index contributed by atoms with van der Waals surface area (Å²) in [6.07, 6.45) is 1.37. The van der Waals surface area contributed by atoms with Crippen molar-refractivity contribution in [2.75, 3.05) is 11.4 Å². The van der Waals surface area contributed by atoms with Gasteiger partial charge in [0.25, 0.3) is 0 Å². The summed E-state index contributed by atoms with van der Waals surface area (Å²) in [7, 11) is 0. The third kappa shape index (κ3) is 0.911. The molecule has 0 spiro atoms. The lowest BCUT2D eigenvalue weighted by Gasteiger charge is -2.06. The van der Waals surface area contributed by atoms with E-state index < -0.39 is 6.03 Å². The van der Waals surface area contributed by atoms with Crippen molar-refractivity contribution >= 4 is 17.8 Å². The van der Waals surface area contributed by atoms with E-state index in [4.69, 9.17) is 0 Å². The van der Waals surface area contributed by atoms with Gasteiger partial charge in [-0.1, -0.05) is 0 Å². The number of imide groups is 1. The number of H-pyrrole nitrogens is 1. The molecule has 0 aliphatic carbocycles. The molecule has 0 saturated carbocycles. The Balaban J connectivity index is 2.26. The van der Waals surface area contributed by atoms with Crippen LogP contribution in [0.4, 0.5) is 10.6 Å². The maximum Gasteiger partial charge on any atom is 0.330 e. The van der Waals surface area contributed by atoms with Crippen molar-refractivity contribution in [3.05, 3.63) is 6.20 Å². The Morgan fingerprint density at radius 2 is 2.33 bits per heavy atom. The minimum Gasteiger partial charge on any atom is -0.276 e. The molecule has 1 aliphatic heterocycles. The molecule has 2 N–H and O–H groups in total. The first-order valence-corrected chi connectivity index (χ1v) is 3.24. The van der Waals surface area contributed by atoms with Crippen LogP contribution < -0.4 is 10.2 Å². The van der Waals surface area contributed by atoms with Crippen LogP contribution in [0.25, 0.3) is 0 Å². The van der Waals surface area contributed by atoms with Gasteiger partial charge in [-0.3, -0.25) is 15.0 Å². The molecule has 12 heavy (non-hydrogen) atoms. The fourth-order valence-corrected chi connectivity index (χ4v) is 0.952. The van der Waals surface area contributed by atoms with E-state index in [0.717, 1.165) is 0 Å². The number of aromatic amines is 1. The van der Waals surface area contributed by atoms with Gasteiger partial charge in [0.05, 0.1) is 6.20 Å². The molecule has 1 aliphatic rings. The highest BCUT2D eigenvalue weighted by Gasteiger charge is 2.29. The number of anilines is 1. The van der Waals surface area contributed by atoms with Crippen LogP contribution >= 0.6 is 0 Å². The number of carbonyl (C=O) groups is 2. The van der Waals surface area contributed by atoms with Gasteiger partial charge in [0.15, 0.2) is 5.82 Å². The number of hydrogen-bond acceptors (Lipinski definition) is 4. The van der Waals surface area contributed by atoms with Gasteiger partial charge in [0.1, 0.15) is 6.54 Å². The fourth-order valence-electron chi connectivity index (χ4n) is 0.952. The van der Waals surface area contributed by atoms with E-state index in [1.165, 1.54) is 11.1 Å². The van der Waals surface area contributed by atoms with Crippen LogP contribution in [-0.2, 0) is 4.79 Å². The zero-order valence-electron chi connectivity index (χ0n) is 5.94. The van der Waals surface area contributed by atoms with Crippen molar-refractivity contribution < 1.29 is 9.59 Å². The zero-order chi connectivity index (χ0) is 8.55. The Labute approximate surface area is 66.7 Å². The second-order valence-corrected chi connectivity index (χ2v) is 2.27. The highest BCUT2D eigenvalue weighted by molar-refractivity contribution is 6.11. The summed E-state index contributed by atoms with van der Waals surface area (Å²) in [5.41, 5.74) is 0. The summed E-state index contributed by atoms with van der Waals surface area (Å²) in [6.45, 7) is 0.00532. The van der Waals surface area contributed by atoms with Crippen molar-refractivity contribution in [1.82, 2.24) is 20.7 Å². The minimum atomic E-state index is -0.464. The highest BCUT2D eigenvalue weighted by Crippen LogP contribution is 2.09. The Bertz CT molecular complexity index is 319. The van der Waals surface area contributed by atoms with E-state index in [1.807, 2.05) is 0 Å². The normalized spacial score (nSPS) is 16.8. The van der Waals surface area contributed by atoms with E-state index in [2.05, 4.69) is 20.7 Å². The quantitative estimate of drug-likeness (QED) is 0.517. The van der Waals surface area contributed by atoms with Gasteiger partial charge < -0.3 is 0 Å². The molecule has 62 valence electrons. The van der Waals surface area contributed by atoms with Gasteiger partial charge in [-0.05, 0) is 0 Å². The molecule has 0 aromatic carbocycles. The van der Waals surface area contributed by atoms with E-state index in [0.29, 0.717) is 5.82 Å². The van der Waals surface area contributed by atoms with Crippen molar-refractivity contribution in [3.63, 3.8) is 0 Å². The molecule has 7 nitrogen and oxygen atoms in total. The van der Waals surface area contributed by atoms with Crippen LogP contribution in [0.1, 0.15) is 0 Å². The number of rotatable bonds is 1. The molecule has 7 heteroatoms. The summed E-state index contributed by atoms with van der Waals surface area (Å²) in [5.74, 6) is 0.0151. The second kappa shape index (κ2) is 2.29. The van der Waals surface area contributed by atoms with Gasteiger partial charge in [-0.15, -0.1) is 5.10 Å². The number of hydrogen-bond donors (Lipinski definition) is 2. The molecule has 1 saturated heterocycles. The molecule has 0 unspecified atom stereocenters. The predicted octanol–water partition coefficient (Wildman–Crippen LogP) is -1.14. The SMILES string of the molecule is O=C1CN(c2cn[nH]n2)C(=O)N1. The lowest BCUT2D eigenvalue weighted by atomic mass is 10.5. The zero-order valence-corrected chi connectivity index (χ0v) is 5.94. The molecule has 1 fully saturated rings. The average molecular weight is 167 g/mol. The van der Waals surface area contributed by atoms with E-state index in [1.54, 1.807) is 0 Å². The van der Waals surface area contributed by atoms with Gasteiger partial charge in [0, 0.05) is 0 Å². The first-order valence-electron chi connectivity index (χ1n) is 3.24. The van der Waals surface area contributed by atoms with Crippen LogP contribution in [0.15, 0.2) is 6.20 Å². The summed E-state index contributed by atoms with van der Waals surface area (Å²) >= 11 is 0. The summed E-state index contributed by atoms with van der Waals surface area (Å²) in [5, 5.41) is 11.6. The number of aromatic nitrogens is 3. The van der Waals surface area contributed by atoms with Crippen LogP contribution in [0.5, 0.6) is 0 Å². The third-order valence-corrected chi connectivity index (χ3v) is 1.47. The smallest absolute Gasteiger partial charge is 0.276 e. The topological polar surface area (TPSA) is 91.0 Å². The number of amides is 3. The standard InChI is InChI=1S/C5H5N5O2/c11-4-2-10(5(12)7-4)3-1-6-9-8-3/h1H,2H2,(H,6,8,9)(H,7,11,12). The molecule has 3 amide bonds. The Morgan fingerprint density at radius 3 is 2.83 bits per heavy atom. The summed E-state index contributed by atoms with van der Waals surface area (Å²) in [6, 6.07) is -0.464. The Hall–Kier alpha value is -1.92. The van der Waals surface area contributed by atoms with E-state index in [-0.39, 0.29) is 12.5 Å². The average Bonchev–Trinajstić information content (AvgIpc) is 2.58. The molecule has 1 aromatic heterocycles. The summed E-state index contributed by atoms with van der Waals surface area (Å²) in [4.78, 5) is 22.9. The van der Waals surface area contributed by atoms with Gasteiger partial charge >= 0.3 is 6.03 Å². The van der Waals surface area contributed by atoms with Crippen molar-refractivity contribution in [1.29, 1.82) is 0 Å². The van der Waals surface area contributed by atoms with Gasteiger partial charge in [0.2, 0.25) is 5.91 Å². The number of urea groups is 1. The molecule has 0 atom stereocenters. The predicted molar refractivity (Wildman–Crippen MR) is 37.3 cm³/mol. The fraction of sp³-hybridized carbons (Fsp3) is 0.200. The first kappa shape index (κ1) is 6.77. The van der Waals surface area contributed by atoms with Crippen molar-refractivity contribution in [2.24, 2.45) is 0 Å². The van der Waals surface area contributed by atoms with Gasteiger partial charge in [-0.25, -0.2) is 4.79 Å². The Kier molecular flexibility index (Phi) is 1.29. The molecule has 0 radical (unpaired) electrons. The van der Waals surface area contributed by atoms with E-state index in [9.17, 15) is 9.59 Å². The first-order chi connectivity index (χ1) is 5.77. The third-order valence-electron chi connectivity index (χ3n) is 1.47. The van der Waals surface area contributed by atoms with Crippen LogP contribution in [0, 0.1) is 0 Å². The van der Waals surface area contributed by atoms with Crippen molar-refractivity contribution in [2.45, 2.75) is 0 Å². The number of nitrogens with one attached hydrogen (secondary N) is 2. The minimum absolute atomic E-state index is 0.00532. The van der Waals surface area contributed by atoms with Crippen molar-refractivity contribution in [3.8, 4) is 0 Å². The molecular weight excluding hydrogens is 162 g/mol. The second-order valence-electron chi connectivity index (χ2n) is 2.27. The maximum absolute atomic E-state index is 11.0. The lowest BCUT2D eigenvalue weighted by molar-refractivity contribution is -0.117. The van der Waals surface area contributed by atoms with E-state index >= 15 is 0 Å². The van der Waals surface area contributed by atoms with Gasteiger partial charge in [-0.2, -0.15) is 10.3 Å². The number of carbonyl (C=O) groups excluding carboxylic acids is 2. The van der Waals surface area contributed by atoms with Crippen LogP contribution in [-0.4, -0.2) is 33.9 Å². The molecular formula is C5H5N5O2. The van der Waals surface area contributed by atoms with Crippen LogP contribution in [0.2, 0.25) is 0 Å². The molecule has 1 aromatic rings. The molecule has 2 rings (SSSR count). The Morgan fingerprint density at radius 1 is 1.50 bits per heavy atom. The van der Waals surface area contributed by atoms with Crippen LogP contribution in [0.3, 0.4) is 0 Å². The lowest BCUT2D eigenvalue weighted by Crippen LogP contribution is -2.28. The monoisotopic (exact) mass is 167 g/mol. The summed E-state index contributed by atoms with van der Waals surface area (Å²) < 4.78 is 0. The highest BCUT2D eigenvalue weighted by atomic mass is 16.2. The molecule has 0 bridgehead atoms.